The van der Waals surface area contributed by atoms with Crippen LogP contribution in [0.25, 0.3) is 0 Å². The molecular weight excluding hydrogens is 214 g/mol. The van der Waals surface area contributed by atoms with Crippen LogP contribution in [0.5, 0.6) is 0 Å². The predicted octanol–water partition coefficient (Wildman–Crippen LogP) is 2.33. The monoisotopic (exact) mass is 231 g/mol. The number of hydrogen-bond donors (Lipinski definition) is 1. The van der Waals surface area contributed by atoms with Crippen LogP contribution in [-0.2, 0) is 0 Å². The molecule has 0 saturated heterocycles. The maximum atomic E-state index is 4.30. The molecule has 1 aromatic heterocycles. The van der Waals surface area contributed by atoms with Crippen molar-refractivity contribution in [3.8, 4) is 0 Å². The van der Waals surface area contributed by atoms with Crippen molar-refractivity contribution in [2.75, 3.05) is 12.8 Å². The van der Waals surface area contributed by atoms with E-state index in [1.807, 2.05) is 25.7 Å². The van der Waals surface area contributed by atoms with Gasteiger partial charge in [0, 0.05) is 11.8 Å². The van der Waals surface area contributed by atoms with Gasteiger partial charge in [-0.3, -0.25) is 0 Å². The van der Waals surface area contributed by atoms with E-state index >= 15 is 0 Å². The molecule has 0 spiro atoms. The highest BCUT2D eigenvalue weighted by molar-refractivity contribution is 8.00. The van der Waals surface area contributed by atoms with Crippen LogP contribution in [0.1, 0.15) is 25.6 Å². The van der Waals surface area contributed by atoms with E-state index in [1.165, 1.54) is 24.4 Å². The highest BCUT2D eigenvalue weighted by Crippen LogP contribution is 2.21. The van der Waals surface area contributed by atoms with Crippen LogP contribution >= 0.6 is 23.3 Å². The van der Waals surface area contributed by atoms with E-state index < -0.39 is 0 Å². The third kappa shape index (κ3) is 4.39. The number of aromatic nitrogens is 2. The molecule has 80 valence electrons. The SMILES string of the molecule is CNC(C)CCCSc1nc(C)ns1. The minimum absolute atomic E-state index is 0.617. The van der Waals surface area contributed by atoms with Gasteiger partial charge in [-0.1, -0.05) is 11.8 Å². The lowest BCUT2D eigenvalue weighted by Gasteiger charge is -2.07. The summed E-state index contributed by atoms with van der Waals surface area (Å²) >= 11 is 3.31. The molecule has 0 saturated carbocycles. The van der Waals surface area contributed by atoms with Gasteiger partial charge in [0.1, 0.15) is 5.82 Å². The first-order chi connectivity index (χ1) is 6.72. The summed E-state index contributed by atoms with van der Waals surface area (Å²) < 4.78 is 5.24. The van der Waals surface area contributed by atoms with E-state index in [4.69, 9.17) is 0 Å². The number of aryl methyl sites for hydroxylation is 1. The van der Waals surface area contributed by atoms with E-state index in [1.54, 1.807) is 0 Å². The minimum Gasteiger partial charge on any atom is -0.317 e. The minimum atomic E-state index is 0.617. The summed E-state index contributed by atoms with van der Waals surface area (Å²) in [7, 11) is 2.01. The number of thioether (sulfide) groups is 1. The Kier molecular flexibility index (Phi) is 5.44. The number of nitrogens with one attached hydrogen (secondary N) is 1. The first-order valence-corrected chi connectivity index (χ1v) is 6.58. The zero-order valence-electron chi connectivity index (χ0n) is 8.91. The van der Waals surface area contributed by atoms with E-state index in [0.717, 1.165) is 15.9 Å². The van der Waals surface area contributed by atoms with Crippen molar-refractivity contribution in [2.45, 2.75) is 37.1 Å². The average Bonchev–Trinajstić information content (AvgIpc) is 2.58. The Balaban J connectivity index is 2.10. The summed E-state index contributed by atoms with van der Waals surface area (Å²) in [5.41, 5.74) is 0. The van der Waals surface area contributed by atoms with Crippen LogP contribution in [-0.4, -0.2) is 28.2 Å². The second-order valence-corrected chi connectivity index (χ2v) is 5.38. The number of nitrogens with zero attached hydrogens (tertiary/aromatic N) is 2. The van der Waals surface area contributed by atoms with Gasteiger partial charge >= 0.3 is 0 Å². The molecule has 0 bridgehead atoms. The molecule has 0 aliphatic heterocycles. The van der Waals surface area contributed by atoms with Crippen LogP contribution < -0.4 is 5.32 Å². The van der Waals surface area contributed by atoms with Gasteiger partial charge in [-0.05, 0) is 45.3 Å². The van der Waals surface area contributed by atoms with Gasteiger partial charge in [-0.2, -0.15) is 4.37 Å². The summed E-state index contributed by atoms with van der Waals surface area (Å²) in [4.78, 5) is 4.30. The third-order valence-electron chi connectivity index (χ3n) is 2.01. The van der Waals surface area contributed by atoms with Crippen LogP contribution in [0, 0.1) is 6.92 Å². The van der Waals surface area contributed by atoms with E-state index in [2.05, 4.69) is 21.6 Å². The van der Waals surface area contributed by atoms with Crippen molar-refractivity contribution in [3.63, 3.8) is 0 Å². The van der Waals surface area contributed by atoms with Gasteiger partial charge in [0.05, 0.1) is 0 Å². The van der Waals surface area contributed by atoms with Crippen molar-refractivity contribution >= 4 is 23.3 Å². The molecule has 1 heterocycles. The molecular formula is C9H17N3S2. The Morgan fingerprint density at radius 1 is 1.57 bits per heavy atom. The Hall–Kier alpha value is -0.130. The number of hydrogen-bond acceptors (Lipinski definition) is 5. The topological polar surface area (TPSA) is 37.8 Å². The zero-order valence-corrected chi connectivity index (χ0v) is 10.5. The first-order valence-electron chi connectivity index (χ1n) is 4.82. The Labute approximate surface area is 93.9 Å². The lowest BCUT2D eigenvalue weighted by Crippen LogP contribution is -2.20. The zero-order chi connectivity index (χ0) is 10.4. The average molecular weight is 231 g/mol. The standard InChI is InChI=1S/C9H17N3S2/c1-7(10-3)5-4-6-13-9-11-8(2)12-14-9/h7,10H,4-6H2,1-3H3. The third-order valence-corrected chi connectivity index (χ3v) is 4.02. The van der Waals surface area contributed by atoms with Crippen molar-refractivity contribution in [2.24, 2.45) is 0 Å². The number of rotatable bonds is 6. The van der Waals surface area contributed by atoms with E-state index in [9.17, 15) is 0 Å². The van der Waals surface area contributed by atoms with Crippen LogP contribution in [0.15, 0.2) is 4.34 Å². The molecule has 0 amide bonds. The smallest absolute Gasteiger partial charge is 0.170 e. The van der Waals surface area contributed by atoms with Gasteiger partial charge in [0.15, 0.2) is 4.34 Å². The van der Waals surface area contributed by atoms with E-state index in [0.29, 0.717) is 6.04 Å². The van der Waals surface area contributed by atoms with Crippen LogP contribution in [0.4, 0.5) is 0 Å². The molecule has 1 aromatic rings. The second-order valence-electron chi connectivity index (χ2n) is 3.29. The molecule has 0 fully saturated rings. The highest BCUT2D eigenvalue weighted by Gasteiger charge is 2.02. The Morgan fingerprint density at radius 3 is 2.93 bits per heavy atom. The van der Waals surface area contributed by atoms with E-state index in [-0.39, 0.29) is 0 Å². The molecule has 1 atom stereocenters. The van der Waals surface area contributed by atoms with Crippen LogP contribution in [0.2, 0.25) is 0 Å². The summed E-state index contributed by atoms with van der Waals surface area (Å²) in [5.74, 6) is 2.03. The maximum Gasteiger partial charge on any atom is 0.170 e. The quantitative estimate of drug-likeness (QED) is 0.602. The van der Waals surface area contributed by atoms with Crippen molar-refractivity contribution < 1.29 is 0 Å². The molecule has 0 aliphatic carbocycles. The molecule has 3 nitrogen and oxygen atoms in total. The first kappa shape index (κ1) is 11.9. The molecule has 14 heavy (non-hydrogen) atoms. The molecule has 5 heteroatoms. The molecule has 0 radical (unpaired) electrons. The maximum absolute atomic E-state index is 4.30. The summed E-state index contributed by atoms with van der Waals surface area (Å²) in [6.45, 7) is 4.14. The second kappa shape index (κ2) is 6.37. The fourth-order valence-electron chi connectivity index (χ4n) is 1.03. The summed E-state index contributed by atoms with van der Waals surface area (Å²) in [6, 6.07) is 0.617. The summed E-state index contributed by atoms with van der Waals surface area (Å²) in [6.07, 6.45) is 2.45. The lowest BCUT2D eigenvalue weighted by atomic mass is 10.2. The highest BCUT2D eigenvalue weighted by atomic mass is 32.2. The fraction of sp³-hybridized carbons (Fsp3) is 0.778. The van der Waals surface area contributed by atoms with Crippen molar-refractivity contribution in [3.05, 3.63) is 5.82 Å². The van der Waals surface area contributed by atoms with Gasteiger partial charge < -0.3 is 5.32 Å². The van der Waals surface area contributed by atoms with Crippen molar-refractivity contribution in [1.82, 2.24) is 14.7 Å². The Morgan fingerprint density at radius 2 is 2.36 bits per heavy atom. The summed E-state index contributed by atoms with van der Waals surface area (Å²) in [5, 5.41) is 3.23. The largest absolute Gasteiger partial charge is 0.317 e. The fourth-order valence-corrected chi connectivity index (χ4v) is 2.71. The predicted molar refractivity (Wildman–Crippen MR) is 63.1 cm³/mol. The molecule has 0 aromatic carbocycles. The van der Waals surface area contributed by atoms with Gasteiger partial charge in [-0.15, -0.1) is 0 Å². The Bertz CT molecular complexity index is 262. The molecule has 1 unspecified atom stereocenters. The van der Waals surface area contributed by atoms with Gasteiger partial charge in [0.25, 0.3) is 0 Å². The lowest BCUT2D eigenvalue weighted by molar-refractivity contribution is 0.559. The van der Waals surface area contributed by atoms with Gasteiger partial charge in [-0.25, -0.2) is 4.98 Å². The normalized spacial score (nSPS) is 13.1. The van der Waals surface area contributed by atoms with Gasteiger partial charge in [0.2, 0.25) is 0 Å². The van der Waals surface area contributed by atoms with Crippen molar-refractivity contribution in [1.29, 1.82) is 0 Å². The molecule has 1 N–H and O–H groups in total. The molecule has 0 aliphatic rings. The molecule has 1 rings (SSSR count). The van der Waals surface area contributed by atoms with Crippen LogP contribution in [0.3, 0.4) is 0 Å².